The molecule has 27 heavy (non-hydrogen) atoms. The first-order valence-electron chi connectivity index (χ1n) is 9.04. The van der Waals surface area contributed by atoms with Gasteiger partial charge in [-0.15, -0.1) is 0 Å². The molecule has 0 spiro atoms. The van der Waals surface area contributed by atoms with Gasteiger partial charge in [0.05, 0.1) is 24.8 Å². The number of imidazole rings is 1. The number of para-hydroxylation sites is 1. The zero-order chi connectivity index (χ0) is 19.3. The van der Waals surface area contributed by atoms with Crippen LogP contribution in [-0.2, 0) is 11.2 Å². The van der Waals surface area contributed by atoms with E-state index in [1.165, 1.54) is 0 Å². The number of carbonyl (C=O) groups is 1. The van der Waals surface area contributed by atoms with Crippen molar-refractivity contribution in [2.45, 2.75) is 27.2 Å². The Balaban J connectivity index is 1.57. The molecule has 2 aromatic carbocycles. The van der Waals surface area contributed by atoms with Crippen LogP contribution < -0.4 is 10.1 Å². The van der Waals surface area contributed by atoms with Crippen molar-refractivity contribution in [1.82, 2.24) is 9.97 Å². The summed E-state index contributed by atoms with van der Waals surface area (Å²) in [4.78, 5) is 19.2. The van der Waals surface area contributed by atoms with E-state index in [2.05, 4.69) is 15.3 Å². The molecular formula is C22H25N3O2. The maximum Gasteiger partial charge on any atom is 0.229 e. The molecule has 0 unspecified atom stereocenters. The van der Waals surface area contributed by atoms with Crippen LogP contribution in [0.15, 0.2) is 61.1 Å². The zero-order valence-electron chi connectivity index (χ0n) is 16.0. The van der Waals surface area contributed by atoms with E-state index in [0.717, 1.165) is 34.7 Å². The number of H-pyrrole nitrogens is 1. The van der Waals surface area contributed by atoms with E-state index in [9.17, 15) is 4.79 Å². The Kier molecular flexibility index (Phi) is 5.60. The number of rotatable bonds is 6. The van der Waals surface area contributed by atoms with E-state index in [-0.39, 0.29) is 5.91 Å². The number of carbonyl (C=O) groups excluding carboxylic acids is 1. The molecule has 0 saturated carbocycles. The summed E-state index contributed by atoms with van der Waals surface area (Å²) >= 11 is 0. The number of aromatic nitrogens is 2. The number of aromatic amines is 1. The summed E-state index contributed by atoms with van der Waals surface area (Å²) in [5, 5.41) is 2.93. The third-order valence-electron chi connectivity index (χ3n) is 4.22. The second-order valence-electron chi connectivity index (χ2n) is 7.46. The van der Waals surface area contributed by atoms with Crippen molar-refractivity contribution in [1.29, 1.82) is 0 Å². The van der Waals surface area contributed by atoms with Gasteiger partial charge in [0.25, 0.3) is 0 Å². The van der Waals surface area contributed by atoms with Gasteiger partial charge in [0.2, 0.25) is 5.91 Å². The first kappa shape index (κ1) is 18.7. The van der Waals surface area contributed by atoms with E-state index in [0.29, 0.717) is 6.61 Å². The minimum absolute atomic E-state index is 0.00833. The second kappa shape index (κ2) is 8.08. The standard InChI is InChI=1S/C22H25N3O2/c1-22(2,3)21(26)25-17-10-8-16(9-11-17)12-13-27-20-7-5-4-6-18(20)19-14-23-15-24-19/h4-11,14-15H,12-13H2,1-3H3,(H,23,24)(H,25,26). The van der Waals surface area contributed by atoms with Crippen LogP contribution in [0.25, 0.3) is 11.3 Å². The molecule has 1 aromatic heterocycles. The van der Waals surface area contributed by atoms with E-state index in [1.807, 2.05) is 69.3 Å². The van der Waals surface area contributed by atoms with E-state index >= 15 is 0 Å². The molecule has 0 aliphatic heterocycles. The summed E-state index contributed by atoms with van der Waals surface area (Å²) in [5.74, 6) is 0.838. The number of amides is 1. The van der Waals surface area contributed by atoms with Gasteiger partial charge in [-0.2, -0.15) is 0 Å². The van der Waals surface area contributed by atoms with Crippen molar-refractivity contribution < 1.29 is 9.53 Å². The third-order valence-corrected chi connectivity index (χ3v) is 4.22. The lowest BCUT2D eigenvalue weighted by Crippen LogP contribution is -2.27. The van der Waals surface area contributed by atoms with E-state index in [4.69, 9.17) is 4.74 Å². The Morgan fingerprint density at radius 2 is 1.85 bits per heavy atom. The third kappa shape index (κ3) is 4.97. The Labute approximate surface area is 159 Å². The maximum atomic E-state index is 12.0. The molecule has 1 heterocycles. The topological polar surface area (TPSA) is 67.0 Å². The molecule has 0 aliphatic rings. The quantitative estimate of drug-likeness (QED) is 0.668. The molecule has 0 fully saturated rings. The van der Waals surface area contributed by atoms with Crippen LogP contribution in [0.4, 0.5) is 5.69 Å². The first-order valence-corrected chi connectivity index (χ1v) is 9.04. The lowest BCUT2D eigenvalue weighted by molar-refractivity contribution is -0.123. The van der Waals surface area contributed by atoms with Gasteiger partial charge >= 0.3 is 0 Å². The second-order valence-corrected chi connectivity index (χ2v) is 7.46. The van der Waals surface area contributed by atoms with Gasteiger partial charge in [0, 0.05) is 23.1 Å². The summed E-state index contributed by atoms with van der Waals surface area (Å²) in [6.07, 6.45) is 4.23. The number of nitrogens with one attached hydrogen (secondary N) is 2. The average Bonchev–Trinajstić information content (AvgIpc) is 3.17. The van der Waals surface area contributed by atoms with Crippen molar-refractivity contribution in [2.24, 2.45) is 5.41 Å². The maximum absolute atomic E-state index is 12.0. The van der Waals surface area contributed by atoms with Crippen molar-refractivity contribution in [3.05, 3.63) is 66.6 Å². The molecule has 3 aromatic rings. The van der Waals surface area contributed by atoms with Crippen LogP contribution >= 0.6 is 0 Å². The highest BCUT2D eigenvalue weighted by molar-refractivity contribution is 5.94. The molecule has 0 aliphatic carbocycles. The van der Waals surface area contributed by atoms with E-state index < -0.39 is 5.41 Å². The zero-order valence-corrected chi connectivity index (χ0v) is 16.0. The highest BCUT2D eigenvalue weighted by Gasteiger charge is 2.20. The summed E-state index contributed by atoms with van der Waals surface area (Å²) in [5.41, 5.74) is 3.49. The predicted octanol–water partition coefficient (Wildman–Crippen LogP) is 4.68. The van der Waals surface area contributed by atoms with Crippen LogP contribution in [-0.4, -0.2) is 22.5 Å². The minimum Gasteiger partial charge on any atom is -0.493 e. The molecular weight excluding hydrogens is 338 g/mol. The summed E-state index contributed by atoms with van der Waals surface area (Å²) in [7, 11) is 0. The number of anilines is 1. The molecule has 140 valence electrons. The largest absolute Gasteiger partial charge is 0.493 e. The highest BCUT2D eigenvalue weighted by atomic mass is 16.5. The monoisotopic (exact) mass is 363 g/mol. The summed E-state index contributed by atoms with van der Waals surface area (Å²) in [6, 6.07) is 15.8. The van der Waals surface area contributed by atoms with Crippen molar-refractivity contribution in [3.63, 3.8) is 0 Å². The highest BCUT2D eigenvalue weighted by Crippen LogP contribution is 2.28. The van der Waals surface area contributed by atoms with Crippen LogP contribution in [0, 0.1) is 5.41 Å². The Hall–Kier alpha value is -3.08. The van der Waals surface area contributed by atoms with Gasteiger partial charge in [0.15, 0.2) is 0 Å². The molecule has 0 bridgehead atoms. The molecule has 1 amide bonds. The van der Waals surface area contributed by atoms with Gasteiger partial charge in [-0.05, 0) is 29.8 Å². The van der Waals surface area contributed by atoms with Gasteiger partial charge in [-0.25, -0.2) is 4.98 Å². The molecule has 0 radical (unpaired) electrons. The fraction of sp³-hybridized carbons (Fsp3) is 0.273. The lowest BCUT2D eigenvalue weighted by Gasteiger charge is -2.17. The van der Waals surface area contributed by atoms with Crippen LogP contribution in [0.5, 0.6) is 5.75 Å². The summed E-state index contributed by atoms with van der Waals surface area (Å²) < 4.78 is 5.99. The Bertz CT molecular complexity index is 879. The SMILES string of the molecule is CC(C)(C)C(=O)Nc1ccc(CCOc2ccccc2-c2cnc[nH]2)cc1. The lowest BCUT2D eigenvalue weighted by atomic mass is 9.95. The Morgan fingerprint density at radius 1 is 1.11 bits per heavy atom. The number of ether oxygens (including phenoxy) is 1. The minimum atomic E-state index is -0.408. The van der Waals surface area contributed by atoms with Gasteiger partial charge in [0.1, 0.15) is 5.75 Å². The van der Waals surface area contributed by atoms with Gasteiger partial charge in [-0.1, -0.05) is 45.0 Å². The van der Waals surface area contributed by atoms with E-state index in [1.54, 1.807) is 12.5 Å². The van der Waals surface area contributed by atoms with Gasteiger partial charge in [-0.3, -0.25) is 4.79 Å². The predicted molar refractivity (Wildman–Crippen MR) is 108 cm³/mol. The molecule has 5 heteroatoms. The molecule has 2 N–H and O–H groups in total. The number of hydrogen-bond donors (Lipinski definition) is 2. The molecule has 0 saturated heterocycles. The molecule has 3 rings (SSSR count). The van der Waals surface area contributed by atoms with Gasteiger partial charge < -0.3 is 15.0 Å². The smallest absolute Gasteiger partial charge is 0.229 e. The number of benzene rings is 2. The Morgan fingerprint density at radius 3 is 2.52 bits per heavy atom. The molecule has 0 atom stereocenters. The number of nitrogens with zero attached hydrogens (tertiary/aromatic N) is 1. The number of hydrogen-bond acceptors (Lipinski definition) is 3. The van der Waals surface area contributed by atoms with Crippen LogP contribution in [0.2, 0.25) is 0 Å². The fourth-order valence-electron chi connectivity index (χ4n) is 2.57. The fourth-order valence-corrected chi connectivity index (χ4v) is 2.57. The van der Waals surface area contributed by atoms with Crippen LogP contribution in [0.3, 0.4) is 0 Å². The first-order chi connectivity index (χ1) is 12.9. The van der Waals surface area contributed by atoms with Crippen molar-refractivity contribution in [2.75, 3.05) is 11.9 Å². The average molecular weight is 363 g/mol. The normalized spacial score (nSPS) is 11.2. The molecule has 5 nitrogen and oxygen atoms in total. The summed E-state index contributed by atoms with van der Waals surface area (Å²) in [6.45, 7) is 6.26. The van der Waals surface area contributed by atoms with Crippen molar-refractivity contribution >= 4 is 11.6 Å². The van der Waals surface area contributed by atoms with Crippen molar-refractivity contribution in [3.8, 4) is 17.0 Å². The van der Waals surface area contributed by atoms with Crippen LogP contribution in [0.1, 0.15) is 26.3 Å².